The Bertz CT molecular complexity index is 675. The number of rotatable bonds is 5. The van der Waals surface area contributed by atoms with E-state index in [0.29, 0.717) is 10.8 Å². The van der Waals surface area contributed by atoms with Crippen LogP contribution in [0, 0.1) is 6.92 Å². The summed E-state index contributed by atoms with van der Waals surface area (Å²) in [6.07, 6.45) is 0. The fourth-order valence-corrected chi connectivity index (χ4v) is 1.85. The molecular formula is C13H14ClN5O3. The molecule has 0 spiro atoms. The first-order valence-electron chi connectivity index (χ1n) is 6.24. The standard InChI is InChI=1S/C13H14ClN5O3/c1-7-4-8(14)2-3-9(7)21-6-11(20)22-5-10-17-12(15)19-13(16)18-10/h2-4H,5-6H2,1H3,(H4,15,16,17,18,19). The van der Waals surface area contributed by atoms with Crippen LogP contribution in [0.15, 0.2) is 18.2 Å². The molecule has 0 fully saturated rings. The van der Waals surface area contributed by atoms with E-state index in [2.05, 4.69) is 15.0 Å². The molecule has 0 aliphatic heterocycles. The number of nitrogens with two attached hydrogens (primary N) is 2. The molecule has 0 atom stereocenters. The average Bonchev–Trinajstić information content (AvgIpc) is 2.43. The van der Waals surface area contributed by atoms with Gasteiger partial charge in [0.2, 0.25) is 11.9 Å². The van der Waals surface area contributed by atoms with Gasteiger partial charge in [0, 0.05) is 5.02 Å². The van der Waals surface area contributed by atoms with Gasteiger partial charge in [-0.05, 0) is 30.7 Å². The summed E-state index contributed by atoms with van der Waals surface area (Å²) >= 11 is 5.84. The average molecular weight is 324 g/mol. The second-order valence-electron chi connectivity index (χ2n) is 4.33. The largest absolute Gasteiger partial charge is 0.482 e. The molecule has 0 saturated heterocycles. The fraction of sp³-hybridized carbons (Fsp3) is 0.231. The van der Waals surface area contributed by atoms with E-state index >= 15 is 0 Å². The monoisotopic (exact) mass is 323 g/mol. The fourth-order valence-electron chi connectivity index (χ4n) is 1.62. The molecule has 1 heterocycles. The van der Waals surface area contributed by atoms with Gasteiger partial charge in [-0.2, -0.15) is 15.0 Å². The minimum Gasteiger partial charge on any atom is -0.482 e. The highest BCUT2D eigenvalue weighted by Crippen LogP contribution is 2.21. The minimum absolute atomic E-state index is 0.0356. The number of hydrogen-bond donors (Lipinski definition) is 2. The van der Waals surface area contributed by atoms with Gasteiger partial charge >= 0.3 is 5.97 Å². The number of aryl methyl sites for hydroxylation is 1. The van der Waals surface area contributed by atoms with Crippen molar-refractivity contribution in [2.75, 3.05) is 18.1 Å². The van der Waals surface area contributed by atoms with Crippen LogP contribution in [0.5, 0.6) is 5.75 Å². The number of anilines is 2. The Balaban J connectivity index is 1.85. The lowest BCUT2D eigenvalue weighted by atomic mass is 10.2. The SMILES string of the molecule is Cc1cc(Cl)ccc1OCC(=O)OCc1nc(N)nc(N)n1. The van der Waals surface area contributed by atoms with Crippen LogP contribution in [0.3, 0.4) is 0 Å². The third-order valence-electron chi connectivity index (χ3n) is 2.56. The van der Waals surface area contributed by atoms with Gasteiger partial charge in [-0.3, -0.25) is 0 Å². The van der Waals surface area contributed by atoms with E-state index in [1.807, 2.05) is 6.92 Å². The number of ether oxygens (including phenoxy) is 2. The van der Waals surface area contributed by atoms with E-state index < -0.39 is 5.97 Å². The number of halogens is 1. The van der Waals surface area contributed by atoms with Crippen molar-refractivity contribution < 1.29 is 14.3 Å². The maximum atomic E-state index is 11.6. The van der Waals surface area contributed by atoms with E-state index in [9.17, 15) is 4.79 Å². The van der Waals surface area contributed by atoms with Crippen LogP contribution in [-0.2, 0) is 16.1 Å². The van der Waals surface area contributed by atoms with Crippen LogP contribution in [0.4, 0.5) is 11.9 Å². The summed E-state index contributed by atoms with van der Waals surface area (Å²) in [4.78, 5) is 22.8. The zero-order valence-electron chi connectivity index (χ0n) is 11.7. The number of nitrogens with zero attached hydrogens (tertiary/aromatic N) is 3. The summed E-state index contributed by atoms with van der Waals surface area (Å²) in [5.41, 5.74) is 11.6. The first-order chi connectivity index (χ1) is 10.4. The Morgan fingerprint density at radius 1 is 1.23 bits per heavy atom. The van der Waals surface area contributed by atoms with Crippen LogP contribution < -0.4 is 16.2 Å². The second-order valence-corrected chi connectivity index (χ2v) is 4.76. The van der Waals surface area contributed by atoms with Crippen molar-refractivity contribution in [3.05, 3.63) is 34.6 Å². The molecule has 0 radical (unpaired) electrons. The van der Waals surface area contributed by atoms with E-state index in [1.54, 1.807) is 18.2 Å². The van der Waals surface area contributed by atoms with Gasteiger partial charge in [-0.1, -0.05) is 11.6 Å². The molecular weight excluding hydrogens is 310 g/mol. The third-order valence-corrected chi connectivity index (χ3v) is 2.80. The molecule has 4 N–H and O–H groups in total. The topological polar surface area (TPSA) is 126 Å². The quantitative estimate of drug-likeness (QED) is 0.784. The summed E-state index contributed by atoms with van der Waals surface area (Å²) in [7, 11) is 0. The molecule has 0 aliphatic rings. The van der Waals surface area contributed by atoms with Crippen molar-refractivity contribution in [2.24, 2.45) is 0 Å². The summed E-state index contributed by atoms with van der Waals surface area (Å²) in [6, 6.07) is 5.09. The third kappa shape index (κ3) is 4.45. The molecule has 2 rings (SSSR count). The summed E-state index contributed by atoms with van der Waals surface area (Å²) in [5, 5.41) is 0.595. The number of nitrogen functional groups attached to an aromatic ring is 2. The predicted octanol–water partition coefficient (Wildman–Crippen LogP) is 1.12. The van der Waals surface area contributed by atoms with E-state index in [4.69, 9.17) is 32.5 Å². The molecule has 8 nitrogen and oxygen atoms in total. The highest BCUT2D eigenvalue weighted by Gasteiger charge is 2.09. The number of carbonyl (C=O) groups is 1. The number of esters is 1. The van der Waals surface area contributed by atoms with Gasteiger partial charge in [0.1, 0.15) is 5.75 Å². The number of carbonyl (C=O) groups excluding carboxylic acids is 1. The molecule has 1 aromatic carbocycles. The van der Waals surface area contributed by atoms with Gasteiger partial charge in [-0.25, -0.2) is 4.79 Å². The summed E-state index contributed by atoms with van der Waals surface area (Å²) < 4.78 is 10.3. The lowest BCUT2D eigenvalue weighted by molar-refractivity contribution is -0.147. The molecule has 0 saturated carbocycles. The summed E-state index contributed by atoms with van der Waals surface area (Å²) in [6.45, 7) is 1.40. The molecule has 116 valence electrons. The minimum atomic E-state index is -0.577. The normalized spacial score (nSPS) is 10.3. The Morgan fingerprint density at radius 3 is 2.55 bits per heavy atom. The van der Waals surface area contributed by atoms with Gasteiger partial charge < -0.3 is 20.9 Å². The Labute approximate surface area is 131 Å². The molecule has 9 heteroatoms. The second kappa shape index (κ2) is 6.90. The maximum Gasteiger partial charge on any atom is 0.344 e. The molecule has 0 aliphatic carbocycles. The molecule has 22 heavy (non-hydrogen) atoms. The van der Waals surface area contributed by atoms with Gasteiger partial charge in [-0.15, -0.1) is 0 Å². The van der Waals surface area contributed by atoms with Crippen LogP contribution in [0.2, 0.25) is 5.02 Å². The van der Waals surface area contributed by atoms with Crippen molar-refractivity contribution in [2.45, 2.75) is 13.5 Å². The Hall–Kier alpha value is -2.61. The molecule has 0 amide bonds. The number of benzene rings is 1. The number of aromatic nitrogens is 3. The zero-order valence-corrected chi connectivity index (χ0v) is 12.5. The highest BCUT2D eigenvalue weighted by molar-refractivity contribution is 6.30. The van der Waals surface area contributed by atoms with Crippen LogP contribution in [0.1, 0.15) is 11.4 Å². The van der Waals surface area contributed by atoms with Crippen molar-refractivity contribution in [3.8, 4) is 5.75 Å². The lowest BCUT2D eigenvalue weighted by Gasteiger charge is -2.09. The maximum absolute atomic E-state index is 11.6. The Morgan fingerprint density at radius 2 is 1.91 bits per heavy atom. The predicted molar refractivity (Wildman–Crippen MR) is 80.1 cm³/mol. The highest BCUT2D eigenvalue weighted by atomic mass is 35.5. The number of hydrogen-bond acceptors (Lipinski definition) is 8. The molecule has 1 aromatic heterocycles. The van der Waals surface area contributed by atoms with Crippen molar-refractivity contribution in [1.82, 2.24) is 15.0 Å². The van der Waals surface area contributed by atoms with Gasteiger partial charge in [0.05, 0.1) is 0 Å². The van der Waals surface area contributed by atoms with E-state index in [-0.39, 0.29) is 30.9 Å². The van der Waals surface area contributed by atoms with Crippen LogP contribution in [-0.4, -0.2) is 27.5 Å². The van der Waals surface area contributed by atoms with Gasteiger partial charge in [0.15, 0.2) is 19.0 Å². The van der Waals surface area contributed by atoms with Crippen molar-refractivity contribution >= 4 is 29.5 Å². The van der Waals surface area contributed by atoms with E-state index in [1.165, 1.54) is 0 Å². The molecule has 0 bridgehead atoms. The van der Waals surface area contributed by atoms with Crippen molar-refractivity contribution in [1.29, 1.82) is 0 Å². The smallest absolute Gasteiger partial charge is 0.344 e. The zero-order chi connectivity index (χ0) is 16.1. The van der Waals surface area contributed by atoms with Gasteiger partial charge in [0.25, 0.3) is 0 Å². The van der Waals surface area contributed by atoms with Crippen LogP contribution in [0.25, 0.3) is 0 Å². The molecule has 0 unspecified atom stereocenters. The Kier molecular flexibility index (Phi) is 4.95. The molecule has 2 aromatic rings. The summed E-state index contributed by atoms with van der Waals surface area (Å²) in [5.74, 6) is 0.0705. The van der Waals surface area contributed by atoms with E-state index in [0.717, 1.165) is 5.56 Å². The first kappa shape index (κ1) is 15.8. The van der Waals surface area contributed by atoms with Crippen molar-refractivity contribution in [3.63, 3.8) is 0 Å². The van der Waals surface area contributed by atoms with Crippen LogP contribution >= 0.6 is 11.6 Å². The first-order valence-corrected chi connectivity index (χ1v) is 6.62. The lowest BCUT2D eigenvalue weighted by Crippen LogP contribution is -2.16.